The second kappa shape index (κ2) is 6.63. The van der Waals surface area contributed by atoms with Crippen LogP contribution >= 0.6 is 0 Å². The Morgan fingerprint density at radius 3 is 3.16 bits per heavy atom. The molecule has 19 heavy (non-hydrogen) atoms. The van der Waals surface area contributed by atoms with Crippen molar-refractivity contribution in [1.29, 1.82) is 5.41 Å². The number of nitrogens with one attached hydrogen (secondary N) is 1. The second-order valence-electron chi connectivity index (χ2n) is 5.10. The molecular formula is C14H22N4O. The molecule has 1 aliphatic heterocycles. The molecule has 0 aromatic carbocycles. The van der Waals surface area contributed by atoms with Crippen molar-refractivity contribution in [3.8, 4) is 0 Å². The highest BCUT2D eigenvalue weighted by molar-refractivity contribution is 5.93. The van der Waals surface area contributed by atoms with Crippen LogP contribution in [0.25, 0.3) is 0 Å². The molecule has 1 aliphatic rings. The molecular weight excluding hydrogens is 240 g/mol. The minimum absolute atomic E-state index is 0.0140. The molecule has 1 fully saturated rings. The second-order valence-corrected chi connectivity index (χ2v) is 5.10. The van der Waals surface area contributed by atoms with E-state index in [1.165, 1.54) is 12.8 Å². The normalized spacial score (nSPS) is 19.7. The first-order valence-corrected chi connectivity index (χ1v) is 6.85. The molecule has 1 aromatic rings. The van der Waals surface area contributed by atoms with E-state index in [0.29, 0.717) is 11.7 Å². The number of pyridine rings is 1. The van der Waals surface area contributed by atoms with E-state index in [-0.39, 0.29) is 12.4 Å². The zero-order valence-corrected chi connectivity index (χ0v) is 11.2. The predicted molar refractivity (Wildman–Crippen MR) is 75.0 cm³/mol. The third-order valence-corrected chi connectivity index (χ3v) is 3.68. The third-order valence-electron chi connectivity index (χ3n) is 3.68. The average Bonchev–Trinajstić information content (AvgIpc) is 2.84. The molecule has 5 heteroatoms. The van der Waals surface area contributed by atoms with Gasteiger partial charge in [-0.3, -0.25) is 15.3 Å². The molecule has 1 saturated heterocycles. The Morgan fingerprint density at radius 2 is 2.42 bits per heavy atom. The van der Waals surface area contributed by atoms with Gasteiger partial charge < -0.3 is 10.8 Å². The zero-order valence-electron chi connectivity index (χ0n) is 11.2. The first-order valence-electron chi connectivity index (χ1n) is 6.85. The van der Waals surface area contributed by atoms with E-state index >= 15 is 0 Å². The Bertz CT molecular complexity index is 435. The number of nitrogens with two attached hydrogens (primary N) is 1. The number of nitrogen functional groups attached to an aromatic ring is 1. The van der Waals surface area contributed by atoms with E-state index < -0.39 is 0 Å². The topological polar surface area (TPSA) is 86.2 Å². The van der Waals surface area contributed by atoms with Crippen LogP contribution in [0.1, 0.15) is 36.9 Å². The van der Waals surface area contributed by atoms with Crippen molar-refractivity contribution in [2.45, 2.75) is 38.3 Å². The number of aliphatic hydroxyl groups excluding tert-OH is 1. The summed E-state index contributed by atoms with van der Waals surface area (Å²) in [5, 5.41) is 16.4. The van der Waals surface area contributed by atoms with Gasteiger partial charge in [-0.15, -0.1) is 0 Å². The van der Waals surface area contributed by atoms with Gasteiger partial charge in [0.25, 0.3) is 0 Å². The van der Waals surface area contributed by atoms with E-state index in [9.17, 15) is 0 Å². The van der Waals surface area contributed by atoms with Crippen molar-refractivity contribution in [2.75, 3.05) is 13.2 Å². The van der Waals surface area contributed by atoms with Gasteiger partial charge in [0.1, 0.15) is 11.5 Å². The molecule has 0 amide bonds. The lowest BCUT2D eigenvalue weighted by Gasteiger charge is -2.24. The summed E-state index contributed by atoms with van der Waals surface area (Å²) in [6.45, 7) is 2.25. The fourth-order valence-corrected chi connectivity index (χ4v) is 2.71. The average molecular weight is 262 g/mol. The van der Waals surface area contributed by atoms with Crippen molar-refractivity contribution in [2.24, 2.45) is 5.73 Å². The van der Waals surface area contributed by atoms with Gasteiger partial charge in [-0.25, -0.2) is 0 Å². The van der Waals surface area contributed by atoms with E-state index in [4.69, 9.17) is 16.2 Å². The minimum Gasteiger partial charge on any atom is -0.396 e. The summed E-state index contributed by atoms with van der Waals surface area (Å²) in [5.74, 6) is 0.0140. The number of hydrogen-bond donors (Lipinski definition) is 3. The van der Waals surface area contributed by atoms with Crippen LogP contribution in [0.5, 0.6) is 0 Å². The van der Waals surface area contributed by atoms with Gasteiger partial charge in [-0.2, -0.15) is 0 Å². The maximum absolute atomic E-state index is 8.94. The molecule has 0 spiro atoms. The molecule has 1 unspecified atom stereocenters. The molecule has 5 nitrogen and oxygen atoms in total. The maximum atomic E-state index is 8.94. The van der Waals surface area contributed by atoms with Crippen molar-refractivity contribution < 1.29 is 5.11 Å². The number of nitrogens with zero attached hydrogens (tertiary/aromatic N) is 2. The van der Waals surface area contributed by atoms with E-state index in [0.717, 1.165) is 31.5 Å². The van der Waals surface area contributed by atoms with Crippen LogP contribution in [0.15, 0.2) is 18.3 Å². The van der Waals surface area contributed by atoms with Gasteiger partial charge in [-0.1, -0.05) is 0 Å². The molecule has 1 atom stereocenters. The monoisotopic (exact) mass is 262 g/mol. The summed E-state index contributed by atoms with van der Waals surface area (Å²) < 4.78 is 0. The lowest BCUT2D eigenvalue weighted by atomic mass is 10.1. The summed E-state index contributed by atoms with van der Waals surface area (Å²) in [5.41, 5.74) is 7.16. The number of amidine groups is 1. The number of likely N-dealkylation sites (tertiary alicyclic amines) is 1. The molecule has 0 aliphatic carbocycles. The minimum atomic E-state index is 0.0140. The summed E-state index contributed by atoms with van der Waals surface area (Å²) in [7, 11) is 0. The molecule has 4 N–H and O–H groups in total. The molecule has 1 aromatic heterocycles. The molecule has 2 rings (SSSR count). The molecule has 0 bridgehead atoms. The number of rotatable bonds is 6. The van der Waals surface area contributed by atoms with Crippen LogP contribution in [0, 0.1) is 5.41 Å². The lowest BCUT2D eigenvalue weighted by Crippen LogP contribution is -2.29. The summed E-state index contributed by atoms with van der Waals surface area (Å²) in [4.78, 5) is 6.53. The van der Waals surface area contributed by atoms with Crippen LogP contribution < -0.4 is 5.73 Å². The Morgan fingerprint density at radius 1 is 1.58 bits per heavy atom. The van der Waals surface area contributed by atoms with Gasteiger partial charge in [0, 0.05) is 25.4 Å². The summed E-state index contributed by atoms with van der Waals surface area (Å²) in [6, 6.07) is 4.44. The van der Waals surface area contributed by atoms with Crippen LogP contribution in [-0.4, -0.2) is 40.0 Å². The SMILES string of the molecule is N=C(N)c1cc(CN2CCCC2CCCO)ccn1. The number of hydrogen-bond acceptors (Lipinski definition) is 4. The Balaban J connectivity index is 1.99. The lowest BCUT2D eigenvalue weighted by molar-refractivity contribution is 0.210. The quantitative estimate of drug-likeness (QED) is 0.529. The third kappa shape index (κ3) is 3.75. The predicted octanol–water partition coefficient (Wildman–Crippen LogP) is 1.10. The van der Waals surface area contributed by atoms with E-state index in [1.54, 1.807) is 6.20 Å². The van der Waals surface area contributed by atoms with E-state index in [1.807, 2.05) is 12.1 Å². The summed E-state index contributed by atoms with van der Waals surface area (Å²) >= 11 is 0. The number of aliphatic hydroxyl groups is 1. The fourth-order valence-electron chi connectivity index (χ4n) is 2.71. The molecule has 2 heterocycles. The van der Waals surface area contributed by atoms with Gasteiger partial charge in [0.2, 0.25) is 0 Å². The molecule has 104 valence electrons. The zero-order chi connectivity index (χ0) is 13.7. The molecule has 0 saturated carbocycles. The van der Waals surface area contributed by atoms with Crippen LogP contribution in [0.2, 0.25) is 0 Å². The summed E-state index contributed by atoms with van der Waals surface area (Å²) in [6.07, 6.45) is 6.08. The van der Waals surface area contributed by atoms with Gasteiger partial charge in [0.05, 0.1) is 0 Å². The fraction of sp³-hybridized carbons (Fsp3) is 0.571. The maximum Gasteiger partial charge on any atom is 0.141 e. The van der Waals surface area contributed by atoms with E-state index in [2.05, 4.69) is 9.88 Å². The van der Waals surface area contributed by atoms with Gasteiger partial charge in [0.15, 0.2) is 0 Å². The first kappa shape index (κ1) is 14.0. The molecule has 0 radical (unpaired) electrons. The van der Waals surface area contributed by atoms with Crippen molar-refractivity contribution in [3.05, 3.63) is 29.6 Å². The highest BCUT2D eigenvalue weighted by atomic mass is 16.2. The smallest absolute Gasteiger partial charge is 0.141 e. The van der Waals surface area contributed by atoms with Crippen LogP contribution in [0.3, 0.4) is 0 Å². The van der Waals surface area contributed by atoms with Gasteiger partial charge in [-0.05, 0) is 49.9 Å². The first-order chi connectivity index (χ1) is 9.20. The Kier molecular flexibility index (Phi) is 4.87. The van der Waals surface area contributed by atoms with Crippen molar-refractivity contribution in [3.63, 3.8) is 0 Å². The Labute approximate surface area is 114 Å². The Hall–Kier alpha value is -1.46. The number of aromatic nitrogens is 1. The highest BCUT2D eigenvalue weighted by Gasteiger charge is 2.23. The van der Waals surface area contributed by atoms with Crippen molar-refractivity contribution in [1.82, 2.24) is 9.88 Å². The van der Waals surface area contributed by atoms with Crippen LogP contribution in [0.4, 0.5) is 0 Å². The standard InChI is InChI=1S/C14H22N4O/c15-14(16)13-9-11(5-6-17-13)10-18-7-1-3-12(18)4-2-8-19/h5-6,9,12,19H,1-4,7-8,10H2,(H3,15,16). The van der Waals surface area contributed by atoms with Crippen molar-refractivity contribution >= 4 is 5.84 Å². The largest absolute Gasteiger partial charge is 0.396 e. The van der Waals surface area contributed by atoms with Gasteiger partial charge >= 0.3 is 0 Å². The van der Waals surface area contributed by atoms with Crippen LogP contribution in [-0.2, 0) is 6.54 Å². The highest BCUT2D eigenvalue weighted by Crippen LogP contribution is 2.23.